The topological polar surface area (TPSA) is 50.7 Å². The van der Waals surface area contributed by atoms with Crippen molar-refractivity contribution in [2.75, 3.05) is 19.8 Å². The fourth-order valence-corrected chi connectivity index (χ4v) is 4.63. The predicted octanol–water partition coefficient (Wildman–Crippen LogP) is 4.95. The fraction of sp³-hybridized carbons (Fsp3) is 0.600. The summed E-state index contributed by atoms with van der Waals surface area (Å²) in [4.78, 5) is 0. The molecule has 29 heavy (non-hydrogen) atoms. The molecule has 0 bridgehead atoms. The maximum absolute atomic E-state index is 11.1. The fourth-order valence-electron chi connectivity index (χ4n) is 4.63. The van der Waals surface area contributed by atoms with Crippen LogP contribution in [0.25, 0.3) is 10.8 Å². The maximum atomic E-state index is 11.1. The largest absolute Gasteiger partial charge is 0.390 e. The number of ether oxygens (including phenoxy) is 2. The molecule has 1 saturated heterocycles. The summed E-state index contributed by atoms with van der Waals surface area (Å²) in [6, 6.07) is 15.2. The first-order chi connectivity index (χ1) is 13.8. The van der Waals surface area contributed by atoms with Gasteiger partial charge < -0.3 is 19.9 Å². The minimum atomic E-state index is -0.629. The molecule has 1 aliphatic carbocycles. The molecule has 1 atom stereocenters. The van der Waals surface area contributed by atoms with Gasteiger partial charge in [-0.1, -0.05) is 56.3 Å². The second-order valence-corrected chi connectivity index (χ2v) is 9.87. The van der Waals surface area contributed by atoms with E-state index in [-0.39, 0.29) is 11.5 Å². The zero-order valence-corrected chi connectivity index (χ0v) is 18.0. The minimum absolute atomic E-state index is 0.0840. The first kappa shape index (κ1) is 20.8. The summed E-state index contributed by atoms with van der Waals surface area (Å²) in [7, 11) is 0. The van der Waals surface area contributed by atoms with Gasteiger partial charge in [0.2, 0.25) is 0 Å². The van der Waals surface area contributed by atoms with Crippen molar-refractivity contribution in [1.29, 1.82) is 0 Å². The molecular formula is C25H35NO3. The van der Waals surface area contributed by atoms with Crippen LogP contribution in [0.5, 0.6) is 0 Å². The van der Waals surface area contributed by atoms with E-state index in [9.17, 15) is 5.11 Å². The number of nitrogens with one attached hydrogen (secondary N) is 1. The van der Waals surface area contributed by atoms with Crippen LogP contribution in [0.4, 0.5) is 0 Å². The molecule has 2 N–H and O–H groups in total. The lowest BCUT2D eigenvalue weighted by atomic mass is 9.78. The number of fused-ring (bicyclic) bond motifs is 1. The molecule has 0 unspecified atom stereocenters. The highest BCUT2D eigenvalue weighted by Gasteiger charge is 2.46. The second-order valence-electron chi connectivity index (χ2n) is 9.87. The van der Waals surface area contributed by atoms with Gasteiger partial charge in [-0.25, -0.2) is 0 Å². The van der Waals surface area contributed by atoms with Crippen LogP contribution in [0.1, 0.15) is 64.5 Å². The standard InChI is InChI=1S/C25H35NO3/c1-19(21-10-6-8-20-7-4-5-9-22(20)21)26-16-15-24(27)11-13-25(14-12-24)28-17-23(2,3)18-29-25/h4-10,19,26-27H,11-18H2,1-3H3/t19-/m0/s1. The van der Waals surface area contributed by atoms with Crippen LogP contribution < -0.4 is 5.32 Å². The number of rotatable bonds is 5. The molecule has 1 spiro atoms. The summed E-state index contributed by atoms with van der Waals surface area (Å²) in [5.41, 5.74) is 0.765. The number of hydrogen-bond acceptors (Lipinski definition) is 4. The van der Waals surface area contributed by atoms with E-state index < -0.39 is 11.4 Å². The van der Waals surface area contributed by atoms with Gasteiger partial charge in [-0.05, 0) is 49.1 Å². The molecule has 2 aromatic carbocycles. The Balaban J connectivity index is 1.29. The van der Waals surface area contributed by atoms with Gasteiger partial charge >= 0.3 is 0 Å². The van der Waals surface area contributed by atoms with Crippen molar-refractivity contribution in [3.8, 4) is 0 Å². The molecule has 0 radical (unpaired) electrons. The highest BCUT2D eigenvalue weighted by atomic mass is 16.7. The van der Waals surface area contributed by atoms with E-state index in [1.807, 2.05) is 0 Å². The molecule has 158 valence electrons. The van der Waals surface area contributed by atoms with Crippen LogP contribution in [0, 0.1) is 5.41 Å². The number of aliphatic hydroxyl groups is 1. The van der Waals surface area contributed by atoms with E-state index in [0.717, 1.165) is 51.9 Å². The average Bonchev–Trinajstić information content (AvgIpc) is 2.72. The van der Waals surface area contributed by atoms with Crippen LogP contribution >= 0.6 is 0 Å². The predicted molar refractivity (Wildman–Crippen MR) is 117 cm³/mol. The van der Waals surface area contributed by atoms with Gasteiger partial charge in [-0.2, -0.15) is 0 Å². The normalized spacial score (nSPS) is 23.9. The Kier molecular flexibility index (Phi) is 5.73. The van der Waals surface area contributed by atoms with Crippen molar-refractivity contribution < 1.29 is 14.6 Å². The Morgan fingerprint density at radius 3 is 2.34 bits per heavy atom. The summed E-state index contributed by atoms with van der Waals surface area (Å²) in [5, 5.41) is 17.3. The lowest BCUT2D eigenvalue weighted by Gasteiger charge is -2.48. The van der Waals surface area contributed by atoms with Gasteiger partial charge in [0.25, 0.3) is 0 Å². The SMILES string of the molecule is C[C@H](NCCC1(O)CCC2(CC1)OCC(C)(C)CO2)c1cccc2ccccc12. The highest BCUT2D eigenvalue weighted by molar-refractivity contribution is 5.86. The second kappa shape index (κ2) is 7.99. The van der Waals surface area contributed by atoms with Gasteiger partial charge in [0, 0.05) is 24.3 Å². The molecule has 2 aliphatic rings. The molecule has 4 heteroatoms. The van der Waals surface area contributed by atoms with Gasteiger partial charge in [-0.3, -0.25) is 0 Å². The van der Waals surface area contributed by atoms with Gasteiger partial charge in [0.05, 0.1) is 18.8 Å². The maximum Gasteiger partial charge on any atom is 0.168 e. The molecule has 2 fully saturated rings. The Hall–Kier alpha value is -1.46. The van der Waals surface area contributed by atoms with Crippen molar-refractivity contribution in [2.45, 2.75) is 70.3 Å². The van der Waals surface area contributed by atoms with E-state index >= 15 is 0 Å². The van der Waals surface area contributed by atoms with Crippen molar-refractivity contribution in [3.63, 3.8) is 0 Å². The van der Waals surface area contributed by atoms with Crippen molar-refractivity contribution in [2.24, 2.45) is 5.41 Å². The summed E-state index contributed by atoms with van der Waals surface area (Å²) in [6.07, 6.45) is 3.77. The van der Waals surface area contributed by atoms with Crippen molar-refractivity contribution in [1.82, 2.24) is 5.32 Å². The summed E-state index contributed by atoms with van der Waals surface area (Å²) in [6.45, 7) is 8.80. The zero-order chi connectivity index (χ0) is 20.5. The third-order valence-corrected chi connectivity index (χ3v) is 6.73. The van der Waals surface area contributed by atoms with Gasteiger partial charge in [-0.15, -0.1) is 0 Å². The van der Waals surface area contributed by atoms with E-state index in [4.69, 9.17) is 9.47 Å². The first-order valence-electron chi connectivity index (χ1n) is 11.0. The third kappa shape index (κ3) is 4.66. The van der Waals surface area contributed by atoms with Crippen molar-refractivity contribution >= 4 is 10.8 Å². The van der Waals surface area contributed by atoms with E-state index in [1.165, 1.54) is 16.3 Å². The zero-order valence-electron chi connectivity index (χ0n) is 18.0. The molecule has 4 nitrogen and oxygen atoms in total. The molecule has 0 amide bonds. The first-order valence-corrected chi connectivity index (χ1v) is 11.0. The smallest absolute Gasteiger partial charge is 0.168 e. The average molecular weight is 398 g/mol. The van der Waals surface area contributed by atoms with E-state index in [0.29, 0.717) is 0 Å². The third-order valence-electron chi connectivity index (χ3n) is 6.73. The van der Waals surface area contributed by atoms with E-state index in [1.54, 1.807) is 0 Å². The summed E-state index contributed by atoms with van der Waals surface area (Å²) >= 11 is 0. The van der Waals surface area contributed by atoms with Gasteiger partial charge in [0.15, 0.2) is 5.79 Å². The summed E-state index contributed by atoms with van der Waals surface area (Å²) < 4.78 is 12.2. The van der Waals surface area contributed by atoms with Crippen LogP contribution in [0.2, 0.25) is 0 Å². The molecule has 0 aromatic heterocycles. The molecule has 1 saturated carbocycles. The Morgan fingerprint density at radius 2 is 1.62 bits per heavy atom. The monoisotopic (exact) mass is 397 g/mol. The van der Waals surface area contributed by atoms with Crippen LogP contribution in [0.3, 0.4) is 0 Å². The Bertz CT molecular complexity index is 822. The molecule has 2 aromatic rings. The molecule has 1 aliphatic heterocycles. The minimum Gasteiger partial charge on any atom is -0.390 e. The molecule has 1 heterocycles. The van der Waals surface area contributed by atoms with Crippen LogP contribution in [-0.2, 0) is 9.47 Å². The highest BCUT2D eigenvalue weighted by Crippen LogP contribution is 2.43. The van der Waals surface area contributed by atoms with Crippen LogP contribution in [0.15, 0.2) is 42.5 Å². The van der Waals surface area contributed by atoms with Crippen molar-refractivity contribution in [3.05, 3.63) is 48.0 Å². The molecular weight excluding hydrogens is 362 g/mol. The molecule has 4 rings (SSSR count). The quantitative estimate of drug-likeness (QED) is 0.749. The number of hydrogen-bond donors (Lipinski definition) is 2. The number of benzene rings is 2. The lowest BCUT2D eigenvalue weighted by molar-refractivity contribution is -0.319. The Morgan fingerprint density at radius 1 is 0.966 bits per heavy atom. The van der Waals surface area contributed by atoms with Crippen LogP contribution in [-0.4, -0.2) is 36.3 Å². The van der Waals surface area contributed by atoms with Gasteiger partial charge in [0.1, 0.15) is 0 Å². The lowest BCUT2D eigenvalue weighted by Crippen LogP contribution is -2.52. The van der Waals surface area contributed by atoms with E-state index in [2.05, 4.69) is 68.6 Å². The summed E-state index contributed by atoms with van der Waals surface area (Å²) in [5.74, 6) is -0.467. The Labute approximate surface area is 174 Å².